The molecule has 2 aliphatic heterocycles. The molecule has 1 fully saturated rings. The second kappa shape index (κ2) is 6.98. The summed E-state index contributed by atoms with van der Waals surface area (Å²) < 4.78 is 14.5. The molecule has 2 aromatic rings. The van der Waals surface area contributed by atoms with E-state index in [-0.39, 0.29) is 23.6 Å². The van der Waals surface area contributed by atoms with Crippen molar-refractivity contribution >= 4 is 5.91 Å². The maximum absolute atomic E-state index is 14.5. The van der Waals surface area contributed by atoms with Gasteiger partial charge in [-0.2, -0.15) is 0 Å². The number of hydrogen-bond acceptors (Lipinski definition) is 5. The van der Waals surface area contributed by atoms with Crippen LogP contribution in [0.25, 0.3) is 0 Å². The van der Waals surface area contributed by atoms with Gasteiger partial charge in [0.15, 0.2) is 0 Å². The van der Waals surface area contributed by atoms with Crippen molar-refractivity contribution in [3.05, 3.63) is 57.9 Å². The zero-order chi connectivity index (χ0) is 19.1. The van der Waals surface area contributed by atoms with Crippen molar-refractivity contribution in [2.45, 2.75) is 52.2 Å². The second-order valence-corrected chi connectivity index (χ2v) is 7.42. The molecule has 2 unspecified atom stereocenters. The fraction of sp³-hybridized carbons (Fsp3) is 0.450. The number of aromatic nitrogens is 2. The topological polar surface area (TPSA) is 70.2 Å². The molecule has 1 amide bonds. The molecule has 142 valence electrons. The van der Waals surface area contributed by atoms with Gasteiger partial charge in [-0.05, 0) is 45.2 Å². The number of fused-ring (bicyclic) bond motifs is 1. The van der Waals surface area contributed by atoms with E-state index in [4.69, 9.17) is 0 Å². The molecule has 0 saturated carbocycles. The average molecular weight is 369 g/mol. The Labute approximate surface area is 158 Å². The van der Waals surface area contributed by atoms with Gasteiger partial charge in [0.25, 0.3) is 5.91 Å². The van der Waals surface area contributed by atoms with Gasteiger partial charge in [-0.3, -0.25) is 10.2 Å². The molecule has 6 nitrogen and oxygen atoms in total. The normalized spacial score (nSPS) is 22.0. The van der Waals surface area contributed by atoms with Gasteiger partial charge in [0.1, 0.15) is 11.6 Å². The van der Waals surface area contributed by atoms with E-state index < -0.39 is 5.82 Å². The third kappa shape index (κ3) is 3.21. The minimum absolute atomic E-state index is 0.0515. The molecule has 0 radical (unpaired) electrons. The molecular formula is C20H24FN5O. The molecule has 2 N–H and O–H groups in total. The Morgan fingerprint density at radius 3 is 2.85 bits per heavy atom. The zero-order valence-electron chi connectivity index (χ0n) is 15.8. The lowest BCUT2D eigenvalue weighted by molar-refractivity contribution is 0.0647. The van der Waals surface area contributed by atoms with Crippen LogP contribution in [0.1, 0.15) is 58.1 Å². The summed E-state index contributed by atoms with van der Waals surface area (Å²) in [5, 5.41) is 0. The van der Waals surface area contributed by atoms with Crippen LogP contribution < -0.4 is 10.9 Å². The Bertz CT molecular complexity index is 894. The average Bonchev–Trinajstić information content (AvgIpc) is 3.17. The van der Waals surface area contributed by atoms with Crippen LogP contribution in [0.5, 0.6) is 0 Å². The molecule has 4 rings (SSSR count). The first-order valence-electron chi connectivity index (χ1n) is 9.36. The molecule has 3 heterocycles. The van der Waals surface area contributed by atoms with Crippen LogP contribution in [0.3, 0.4) is 0 Å². The van der Waals surface area contributed by atoms with Crippen LogP contribution in [-0.2, 0) is 13.0 Å². The lowest BCUT2D eigenvalue weighted by Crippen LogP contribution is -2.44. The molecular weight excluding hydrogens is 345 g/mol. The molecule has 1 aromatic heterocycles. The van der Waals surface area contributed by atoms with Gasteiger partial charge in [-0.1, -0.05) is 12.1 Å². The monoisotopic (exact) mass is 369 g/mol. The summed E-state index contributed by atoms with van der Waals surface area (Å²) in [5.41, 5.74) is 10.0. The zero-order valence-corrected chi connectivity index (χ0v) is 15.8. The lowest BCUT2D eigenvalue weighted by Gasteiger charge is -2.35. The van der Waals surface area contributed by atoms with Gasteiger partial charge in [0.05, 0.1) is 29.5 Å². The number of nitrogens with zero attached hydrogens (tertiary/aromatic N) is 3. The molecule has 7 heteroatoms. The van der Waals surface area contributed by atoms with Crippen molar-refractivity contribution in [2.24, 2.45) is 0 Å². The highest BCUT2D eigenvalue weighted by Crippen LogP contribution is 2.30. The summed E-state index contributed by atoms with van der Waals surface area (Å²) in [6.45, 7) is 6.82. The van der Waals surface area contributed by atoms with E-state index in [0.29, 0.717) is 24.4 Å². The van der Waals surface area contributed by atoms with Crippen LogP contribution >= 0.6 is 0 Å². The Hall–Kier alpha value is -2.38. The Kier molecular flexibility index (Phi) is 4.65. The number of halogens is 1. The Morgan fingerprint density at radius 2 is 2.11 bits per heavy atom. The van der Waals surface area contributed by atoms with Gasteiger partial charge in [0, 0.05) is 18.2 Å². The summed E-state index contributed by atoms with van der Waals surface area (Å²) >= 11 is 0. The summed E-state index contributed by atoms with van der Waals surface area (Å²) in [7, 11) is 0. The van der Waals surface area contributed by atoms with E-state index in [9.17, 15) is 9.18 Å². The van der Waals surface area contributed by atoms with Crippen LogP contribution in [0, 0.1) is 19.7 Å². The minimum atomic E-state index is -0.443. The standard InChI is InChI=1S/C20H24FN5O/c1-11-5-4-6-14(18(11)21)20(27)26-10-17-15(9-12(26)2)19(24-13(3)23-17)16-7-8-22-25-16/h4-6,12,16,22,25H,7-10H2,1-3H3. The Balaban J connectivity index is 1.69. The predicted molar refractivity (Wildman–Crippen MR) is 99.4 cm³/mol. The highest BCUT2D eigenvalue weighted by Gasteiger charge is 2.33. The lowest BCUT2D eigenvalue weighted by atomic mass is 9.93. The van der Waals surface area contributed by atoms with E-state index >= 15 is 0 Å². The molecule has 2 atom stereocenters. The molecule has 0 spiro atoms. The first-order chi connectivity index (χ1) is 13.0. The minimum Gasteiger partial charge on any atom is -0.330 e. The van der Waals surface area contributed by atoms with E-state index in [1.54, 1.807) is 30.0 Å². The number of benzene rings is 1. The number of rotatable bonds is 2. The first-order valence-corrected chi connectivity index (χ1v) is 9.36. The van der Waals surface area contributed by atoms with Crippen LogP contribution in [0.4, 0.5) is 4.39 Å². The fourth-order valence-corrected chi connectivity index (χ4v) is 3.97. The molecule has 2 aliphatic rings. The van der Waals surface area contributed by atoms with Gasteiger partial charge >= 0.3 is 0 Å². The number of hydrazine groups is 1. The van der Waals surface area contributed by atoms with Crippen LogP contribution in [0.15, 0.2) is 18.2 Å². The summed E-state index contributed by atoms with van der Waals surface area (Å²) in [4.78, 5) is 24.0. The van der Waals surface area contributed by atoms with E-state index in [0.717, 1.165) is 29.9 Å². The molecule has 0 bridgehead atoms. The largest absolute Gasteiger partial charge is 0.330 e. The maximum atomic E-state index is 14.5. The van der Waals surface area contributed by atoms with Crippen molar-refractivity contribution in [3.63, 3.8) is 0 Å². The van der Waals surface area contributed by atoms with E-state index in [2.05, 4.69) is 20.8 Å². The number of nitrogens with one attached hydrogen (secondary N) is 2. The first kappa shape index (κ1) is 18.0. The number of carbonyl (C=O) groups excluding carboxylic acids is 1. The van der Waals surface area contributed by atoms with Crippen LogP contribution in [0.2, 0.25) is 0 Å². The van der Waals surface area contributed by atoms with Crippen molar-refractivity contribution in [1.82, 2.24) is 25.7 Å². The SMILES string of the molecule is Cc1nc2c(c(C3CCNN3)n1)CC(C)N(C(=O)c1cccc(C)c1F)C2. The van der Waals surface area contributed by atoms with Gasteiger partial charge in [-0.15, -0.1) is 0 Å². The number of aryl methyl sites for hydroxylation is 2. The highest BCUT2D eigenvalue weighted by atomic mass is 19.1. The van der Waals surface area contributed by atoms with Crippen LogP contribution in [-0.4, -0.2) is 33.4 Å². The summed E-state index contributed by atoms with van der Waals surface area (Å²) in [5.74, 6) is -0.0322. The maximum Gasteiger partial charge on any atom is 0.257 e. The van der Waals surface area contributed by atoms with Crippen molar-refractivity contribution in [3.8, 4) is 0 Å². The van der Waals surface area contributed by atoms with Gasteiger partial charge < -0.3 is 4.90 Å². The van der Waals surface area contributed by atoms with Crippen molar-refractivity contribution in [2.75, 3.05) is 6.54 Å². The predicted octanol–water partition coefficient (Wildman–Crippen LogP) is 2.36. The number of carbonyl (C=O) groups is 1. The van der Waals surface area contributed by atoms with Crippen molar-refractivity contribution < 1.29 is 9.18 Å². The van der Waals surface area contributed by atoms with Gasteiger partial charge in [0.2, 0.25) is 0 Å². The Morgan fingerprint density at radius 1 is 1.30 bits per heavy atom. The second-order valence-electron chi connectivity index (χ2n) is 7.42. The molecule has 1 saturated heterocycles. The summed E-state index contributed by atoms with van der Waals surface area (Å²) in [6, 6.07) is 5.05. The van der Waals surface area contributed by atoms with E-state index in [1.165, 1.54) is 0 Å². The van der Waals surface area contributed by atoms with E-state index in [1.807, 2.05) is 13.8 Å². The molecule has 1 aromatic carbocycles. The quantitative estimate of drug-likeness (QED) is 0.850. The van der Waals surface area contributed by atoms with Crippen molar-refractivity contribution in [1.29, 1.82) is 0 Å². The third-order valence-corrected chi connectivity index (χ3v) is 5.44. The highest BCUT2D eigenvalue weighted by molar-refractivity contribution is 5.95. The molecule has 0 aliphatic carbocycles. The number of hydrogen-bond donors (Lipinski definition) is 2. The van der Waals surface area contributed by atoms with Gasteiger partial charge in [-0.25, -0.2) is 19.8 Å². The summed E-state index contributed by atoms with van der Waals surface area (Å²) in [6.07, 6.45) is 1.64. The fourth-order valence-electron chi connectivity index (χ4n) is 3.97. The third-order valence-electron chi connectivity index (χ3n) is 5.44. The molecule has 27 heavy (non-hydrogen) atoms. The smallest absolute Gasteiger partial charge is 0.257 e. The number of amides is 1.